The van der Waals surface area contributed by atoms with Crippen molar-refractivity contribution in [3.63, 3.8) is 0 Å². The van der Waals surface area contributed by atoms with Crippen LogP contribution in [0.15, 0.2) is 18.6 Å². The predicted molar refractivity (Wildman–Crippen MR) is 51.7 cm³/mol. The Labute approximate surface area is 80.5 Å². The van der Waals surface area contributed by atoms with Gasteiger partial charge in [-0.3, -0.25) is 4.40 Å². The van der Waals surface area contributed by atoms with Gasteiger partial charge < -0.3 is 10.5 Å². The molecule has 0 fully saturated rings. The average molecular weight is 188 g/mol. The zero-order chi connectivity index (χ0) is 9.97. The lowest BCUT2D eigenvalue weighted by atomic mass is 10.6. The van der Waals surface area contributed by atoms with Crippen LogP contribution in [0.3, 0.4) is 0 Å². The average Bonchev–Trinajstić information content (AvgIpc) is 2.61. The van der Waals surface area contributed by atoms with Crippen LogP contribution in [0.2, 0.25) is 0 Å². The molecular weight excluding hydrogens is 180 g/mol. The lowest BCUT2D eigenvalue weighted by Gasteiger charge is -2.03. The van der Waals surface area contributed by atoms with Crippen molar-refractivity contribution in [2.24, 2.45) is 0 Å². The Morgan fingerprint density at radius 3 is 3.29 bits per heavy atom. The topological polar surface area (TPSA) is 65.4 Å². The van der Waals surface area contributed by atoms with Gasteiger partial charge in [-0.25, -0.2) is 4.98 Å². The first-order valence-corrected chi connectivity index (χ1v) is 3.96. The molecular formula is C9H8N4O. The minimum atomic E-state index is 0.152. The lowest BCUT2D eigenvalue weighted by Crippen LogP contribution is -2.02. The van der Waals surface area contributed by atoms with Crippen LogP contribution >= 0.6 is 0 Å². The summed E-state index contributed by atoms with van der Waals surface area (Å²) in [5, 5.41) is 0. The SMILES string of the molecule is C#CCOc1nc(N)cn2ccnc12. The van der Waals surface area contributed by atoms with Crippen LogP contribution in [0.5, 0.6) is 5.88 Å². The fraction of sp³-hybridized carbons (Fsp3) is 0.111. The standard InChI is InChI=1S/C9H8N4O/c1-2-5-14-9-8-11-3-4-13(8)6-7(10)12-9/h1,3-4,6H,5,10H2. The summed E-state index contributed by atoms with van der Waals surface area (Å²) in [5.74, 6) is 3.07. The van der Waals surface area contributed by atoms with Gasteiger partial charge in [-0.15, -0.1) is 6.42 Å². The van der Waals surface area contributed by atoms with Gasteiger partial charge in [0.25, 0.3) is 5.88 Å². The normalized spacial score (nSPS) is 9.93. The Balaban J connectivity index is 2.51. The summed E-state index contributed by atoms with van der Waals surface area (Å²) < 4.78 is 6.93. The molecule has 5 nitrogen and oxygen atoms in total. The number of nitrogens with zero attached hydrogens (tertiary/aromatic N) is 3. The van der Waals surface area contributed by atoms with E-state index in [-0.39, 0.29) is 6.61 Å². The Bertz CT molecular complexity index is 497. The van der Waals surface area contributed by atoms with E-state index < -0.39 is 0 Å². The molecule has 2 heterocycles. The second kappa shape index (κ2) is 3.26. The monoisotopic (exact) mass is 188 g/mol. The van der Waals surface area contributed by atoms with Gasteiger partial charge in [-0.1, -0.05) is 5.92 Å². The molecule has 2 aromatic rings. The molecule has 0 saturated heterocycles. The molecule has 0 aromatic carbocycles. The first-order chi connectivity index (χ1) is 6.81. The summed E-state index contributed by atoms with van der Waals surface area (Å²) in [5.41, 5.74) is 6.17. The van der Waals surface area contributed by atoms with Crippen LogP contribution in [-0.4, -0.2) is 21.0 Å². The fourth-order valence-corrected chi connectivity index (χ4v) is 1.13. The molecule has 0 saturated carbocycles. The molecule has 0 aliphatic rings. The second-order valence-electron chi connectivity index (χ2n) is 2.62. The third-order valence-corrected chi connectivity index (χ3v) is 1.65. The highest BCUT2D eigenvalue weighted by Gasteiger charge is 2.06. The predicted octanol–water partition coefficient (Wildman–Crippen LogP) is 0.324. The lowest BCUT2D eigenvalue weighted by molar-refractivity contribution is 0.358. The number of hydrogen-bond donors (Lipinski definition) is 1. The molecule has 0 aliphatic carbocycles. The van der Waals surface area contributed by atoms with Gasteiger partial charge in [-0.05, 0) is 0 Å². The summed E-state index contributed by atoms with van der Waals surface area (Å²) >= 11 is 0. The smallest absolute Gasteiger partial charge is 0.261 e. The van der Waals surface area contributed by atoms with Crippen LogP contribution in [-0.2, 0) is 0 Å². The Morgan fingerprint density at radius 2 is 2.50 bits per heavy atom. The number of terminal acetylenes is 1. The van der Waals surface area contributed by atoms with Crippen molar-refractivity contribution in [2.75, 3.05) is 12.3 Å². The van der Waals surface area contributed by atoms with E-state index in [1.807, 2.05) is 0 Å². The van der Waals surface area contributed by atoms with Crippen molar-refractivity contribution >= 4 is 11.5 Å². The third kappa shape index (κ3) is 1.33. The summed E-state index contributed by atoms with van der Waals surface area (Å²) in [6, 6.07) is 0. The zero-order valence-electron chi connectivity index (χ0n) is 7.34. The van der Waals surface area contributed by atoms with Gasteiger partial charge >= 0.3 is 0 Å². The quantitative estimate of drug-likeness (QED) is 0.689. The number of hydrogen-bond acceptors (Lipinski definition) is 4. The maximum atomic E-state index is 5.56. The molecule has 14 heavy (non-hydrogen) atoms. The number of fused-ring (bicyclic) bond motifs is 1. The summed E-state index contributed by atoms with van der Waals surface area (Å²) in [7, 11) is 0. The Hall–Kier alpha value is -2.22. The number of rotatable bonds is 2. The van der Waals surface area contributed by atoms with Crippen LogP contribution in [0.25, 0.3) is 5.65 Å². The van der Waals surface area contributed by atoms with Crippen LogP contribution in [0.1, 0.15) is 0 Å². The maximum absolute atomic E-state index is 5.56. The molecule has 0 atom stereocenters. The van der Waals surface area contributed by atoms with E-state index in [9.17, 15) is 0 Å². The summed E-state index contributed by atoms with van der Waals surface area (Å²) in [4.78, 5) is 8.05. The highest BCUT2D eigenvalue weighted by Crippen LogP contribution is 2.16. The van der Waals surface area contributed by atoms with Crippen LogP contribution in [0, 0.1) is 12.3 Å². The van der Waals surface area contributed by atoms with Gasteiger partial charge in [0.05, 0.1) is 6.20 Å². The van der Waals surface area contributed by atoms with E-state index in [1.165, 1.54) is 0 Å². The van der Waals surface area contributed by atoms with Gasteiger partial charge in [0.1, 0.15) is 5.82 Å². The molecule has 0 unspecified atom stereocenters. The minimum Gasteiger partial charge on any atom is -0.462 e. The maximum Gasteiger partial charge on any atom is 0.261 e. The Kier molecular flexibility index (Phi) is 1.95. The van der Waals surface area contributed by atoms with Crippen LogP contribution in [0.4, 0.5) is 5.82 Å². The van der Waals surface area contributed by atoms with Crippen molar-refractivity contribution in [1.29, 1.82) is 0 Å². The van der Waals surface area contributed by atoms with Gasteiger partial charge in [0, 0.05) is 12.4 Å². The molecule has 5 heteroatoms. The highest BCUT2D eigenvalue weighted by atomic mass is 16.5. The minimum absolute atomic E-state index is 0.152. The van der Waals surface area contributed by atoms with Gasteiger partial charge in [0.15, 0.2) is 6.61 Å². The molecule has 0 amide bonds. The van der Waals surface area contributed by atoms with Crippen molar-refractivity contribution in [3.05, 3.63) is 18.6 Å². The number of nitrogen functional groups attached to an aromatic ring is 1. The number of nitrogens with two attached hydrogens (primary N) is 1. The number of anilines is 1. The molecule has 0 radical (unpaired) electrons. The Morgan fingerprint density at radius 1 is 1.64 bits per heavy atom. The second-order valence-corrected chi connectivity index (χ2v) is 2.62. The molecule has 2 aromatic heterocycles. The van der Waals surface area contributed by atoms with E-state index in [2.05, 4.69) is 15.9 Å². The number of aromatic nitrogens is 3. The first kappa shape index (κ1) is 8.38. The first-order valence-electron chi connectivity index (χ1n) is 3.96. The van der Waals surface area contributed by atoms with E-state index >= 15 is 0 Å². The number of ether oxygens (including phenoxy) is 1. The van der Waals surface area contributed by atoms with Crippen molar-refractivity contribution in [1.82, 2.24) is 14.4 Å². The van der Waals surface area contributed by atoms with Crippen molar-refractivity contribution in [3.8, 4) is 18.2 Å². The number of imidazole rings is 1. The highest BCUT2D eigenvalue weighted by molar-refractivity contribution is 5.52. The zero-order valence-corrected chi connectivity index (χ0v) is 7.34. The molecule has 0 aliphatic heterocycles. The van der Waals surface area contributed by atoms with Crippen molar-refractivity contribution < 1.29 is 4.74 Å². The summed E-state index contributed by atoms with van der Waals surface area (Å²) in [6.07, 6.45) is 10.1. The molecule has 2 N–H and O–H groups in total. The van der Waals surface area contributed by atoms with E-state index in [1.54, 1.807) is 23.0 Å². The molecule has 0 bridgehead atoms. The van der Waals surface area contributed by atoms with Crippen LogP contribution < -0.4 is 10.5 Å². The largest absolute Gasteiger partial charge is 0.462 e. The molecule has 0 spiro atoms. The molecule has 2 rings (SSSR count). The van der Waals surface area contributed by atoms with Crippen molar-refractivity contribution in [2.45, 2.75) is 0 Å². The van der Waals surface area contributed by atoms with Gasteiger partial charge in [-0.2, -0.15) is 4.98 Å². The van der Waals surface area contributed by atoms with E-state index in [0.717, 1.165) is 0 Å². The molecule has 70 valence electrons. The van der Waals surface area contributed by atoms with E-state index in [4.69, 9.17) is 16.9 Å². The van der Waals surface area contributed by atoms with Gasteiger partial charge in [0.2, 0.25) is 5.65 Å². The summed E-state index contributed by atoms with van der Waals surface area (Å²) in [6.45, 7) is 0.152. The van der Waals surface area contributed by atoms with E-state index in [0.29, 0.717) is 17.3 Å². The fourth-order valence-electron chi connectivity index (χ4n) is 1.13. The third-order valence-electron chi connectivity index (χ3n) is 1.65.